The van der Waals surface area contributed by atoms with E-state index >= 15 is 0 Å². The van der Waals surface area contributed by atoms with Gasteiger partial charge >= 0.3 is 6.18 Å². The Hall–Kier alpha value is -3.78. The van der Waals surface area contributed by atoms with Crippen molar-refractivity contribution in [1.29, 1.82) is 0 Å². The SMILES string of the molecule is O=C1C(Cl)=C(Nc2ccc(Oc3ccccc3)cc2)C(=O)N1c1cccc(C(F)(F)F)c1. The monoisotopic (exact) mass is 458 g/mol. The summed E-state index contributed by atoms with van der Waals surface area (Å²) in [5.74, 6) is -0.583. The van der Waals surface area contributed by atoms with Crippen LogP contribution in [0.5, 0.6) is 11.5 Å². The molecular formula is C23H14ClF3N2O3. The smallest absolute Gasteiger partial charge is 0.416 e. The highest BCUT2D eigenvalue weighted by atomic mass is 35.5. The molecule has 5 nitrogen and oxygen atoms in total. The molecule has 0 unspecified atom stereocenters. The predicted octanol–water partition coefficient (Wildman–Crippen LogP) is 5.93. The maximum absolute atomic E-state index is 13.0. The van der Waals surface area contributed by atoms with Crippen LogP contribution in [-0.4, -0.2) is 11.8 Å². The van der Waals surface area contributed by atoms with Gasteiger partial charge in [0.2, 0.25) is 0 Å². The zero-order chi connectivity index (χ0) is 22.9. The Kier molecular flexibility index (Phi) is 5.63. The fourth-order valence-corrected chi connectivity index (χ4v) is 3.26. The van der Waals surface area contributed by atoms with Crippen LogP contribution >= 0.6 is 11.6 Å². The number of halogens is 4. The van der Waals surface area contributed by atoms with Crippen molar-refractivity contribution in [1.82, 2.24) is 0 Å². The molecule has 0 aromatic heterocycles. The minimum absolute atomic E-state index is 0.226. The normalized spacial score (nSPS) is 14.2. The van der Waals surface area contributed by atoms with Crippen LogP contribution in [0.4, 0.5) is 24.5 Å². The highest BCUT2D eigenvalue weighted by Gasteiger charge is 2.40. The maximum Gasteiger partial charge on any atom is 0.416 e. The van der Waals surface area contributed by atoms with Crippen LogP contribution in [0.2, 0.25) is 0 Å². The maximum atomic E-state index is 13.0. The number of ether oxygens (including phenoxy) is 1. The lowest BCUT2D eigenvalue weighted by Gasteiger charge is -2.17. The van der Waals surface area contributed by atoms with Gasteiger partial charge in [0.1, 0.15) is 22.2 Å². The number of anilines is 2. The number of nitrogens with zero attached hydrogens (tertiary/aromatic N) is 1. The number of rotatable bonds is 5. The predicted molar refractivity (Wildman–Crippen MR) is 113 cm³/mol. The summed E-state index contributed by atoms with van der Waals surface area (Å²) in [6.07, 6.45) is -4.62. The number of carbonyl (C=O) groups excluding carboxylic acids is 2. The van der Waals surface area contributed by atoms with Crippen molar-refractivity contribution in [2.75, 3.05) is 10.2 Å². The molecule has 0 bridgehead atoms. The van der Waals surface area contributed by atoms with Crippen LogP contribution in [0, 0.1) is 0 Å². The van der Waals surface area contributed by atoms with Crippen molar-refractivity contribution in [3.05, 3.63) is 95.2 Å². The molecular weight excluding hydrogens is 445 g/mol. The average Bonchev–Trinajstić information content (AvgIpc) is 2.98. The van der Waals surface area contributed by atoms with Gasteiger partial charge in [0.15, 0.2) is 0 Å². The number of hydrogen-bond acceptors (Lipinski definition) is 4. The molecule has 0 radical (unpaired) electrons. The third-order valence-electron chi connectivity index (χ3n) is 4.56. The minimum atomic E-state index is -4.62. The lowest BCUT2D eigenvalue weighted by atomic mass is 10.2. The number of benzene rings is 3. The summed E-state index contributed by atoms with van der Waals surface area (Å²) >= 11 is 6.04. The van der Waals surface area contributed by atoms with Crippen LogP contribution in [0.3, 0.4) is 0 Å². The quantitative estimate of drug-likeness (QED) is 0.481. The molecule has 1 aliphatic rings. The van der Waals surface area contributed by atoms with Crippen molar-refractivity contribution in [3.8, 4) is 11.5 Å². The van der Waals surface area contributed by atoms with Gasteiger partial charge in [0.25, 0.3) is 11.8 Å². The molecule has 1 aliphatic heterocycles. The van der Waals surface area contributed by atoms with E-state index in [1.165, 1.54) is 6.07 Å². The van der Waals surface area contributed by atoms with Crippen LogP contribution in [0.25, 0.3) is 0 Å². The molecule has 4 rings (SSSR count). The second kappa shape index (κ2) is 8.39. The second-order valence-electron chi connectivity index (χ2n) is 6.75. The number of hydrogen-bond donors (Lipinski definition) is 1. The van der Waals surface area contributed by atoms with Gasteiger partial charge in [-0.15, -0.1) is 0 Å². The summed E-state index contributed by atoms with van der Waals surface area (Å²) in [7, 11) is 0. The average molecular weight is 459 g/mol. The van der Waals surface area contributed by atoms with Crippen LogP contribution in [0.1, 0.15) is 5.56 Å². The topological polar surface area (TPSA) is 58.6 Å². The van der Waals surface area contributed by atoms with Crippen LogP contribution in [-0.2, 0) is 15.8 Å². The zero-order valence-electron chi connectivity index (χ0n) is 16.2. The molecule has 0 spiro atoms. The molecule has 1 heterocycles. The Morgan fingerprint density at radius 2 is 1.47 bits per heavy atom. The molecule has 2 amide bonds. The third kappa shape index (κ3) is 4.31. The molecule has 3 aromatic rings. The zero-order valence-corrected chi connectivity index (χ0v) is 16.9. The first-order valence-electron chi connectivity index (χ1n) is 9.30. The van der Waals surface area contributed by atoms with E-state index in [9.17, 15) is 22.8 Å². The number of carbonyl (C=O) groups is 2. The van der Waals surface area contributed by atoms with E-state index in [0.29, 0.717) is 22.1 Å². The van der Waals surface area contributed by atoms with E-state index < -0.39 is 28.6 Å². The molecule has 162 valence electrons. The van der Waals surface area contributed by atoms with E-state index in [2.05, 4.69) is 5.32 Å². The Bertz CT molecular complexity index is 1210. The van der Waals surface area contributed by atoms with E-state index in [-0.39, 0.29) is 11.4 Å². The van der Waals surface area contributed by atoms with E-state index in [1.54, 1.807) is 36.4 Å². The van der Waals surface area contributed by atoms with E-state index in [4.69, 9.17) is 16.3 Å². The van der Waals surface area contributed by atoms with E-state index in [1.807, 2.05) is 18.2 Å². The molecule has 32 heavy (non-hydrogen) atoms. The molecule has 0 aliphatic carbocycles. The minimum Gasteiger partial charge on any atom is -0.457 e. The van der Waals surface area contributed by atoms with Gasteiger partial charge in [-0.3, -0.25) is 9.59 Å². The molecule has 1 N–H and O–H groups in total. The van der Waals surface area contributed by atoms with Crippen molar-refractivity contribution >= 4 is 34.8 Å². The fraction of sp³-hybridized carbons (Fsp3) is 0.0435. The molecule has 0 atom stereocenters. The largest absolute Gasteiger partial charge is 0.457 e. The molecule has 3 aromatic carbocycles. The number of para-hydroxylation sites is 1. The van der Waals surface area contributed by atoms with Crippen LogP contribution < -0.4 is 15.0 Å². The first-order chi connectivity index (χ1) is 15.2. The Morgan fingerprint density at radius 3 is 2.12 bits per heavy atom. The standard InChI is InChI=1S/C23H14ClF3N2O3/c24-19-20(28-15-9-11-18(12-10-15)32-17-7-2-1-3-8-17)22(31)29(21(19)30)16-6-4-5-14(13-16)23(25,26)27/h1-13,28H. The number of amides is 2. The summed E-state index contributed by atoms with van der Waals surface area (Å²) in [5.41, 5.74) is -1.00. The van der Waals surface area contributed by atoms with Gasteiger partial charge in [0.05, 0.1) is 11.3 Å². The second-order valence-corrected chi connectivity index (χ2v) is 7.13. The molecule has 0 fully saturated rings. The summed E-state index contributed by atoms with van der Waals surface area (Å²) in [5, 5.41) is 2.34. The van der Waals surface area contributed by atoms with Gasteiger partial charge in [-0.2, -0.15) is 13.2 Å². The van der Waals surface area contributed by atoms with Crippen molar-refractivity contribution in [3.63, 3.8) is 0 Å². The van der Waals surface area contributed by atoms with Crippen LogP contribution in [0.15, 0.2) is 89.6 Å². The number of imide groups is 1. The van der Waals surface area contributed by atoms with Gasteiger partial charge in [-0.25, -0.2) is 4.90 Å². The van der Waals surface area contributed by atoms with Gasteiger partial charge in [-0.05, 0) is 54.6 Å². The summed E-state index contributed by atoms with van der Waals surface area (Å²) in [6.45, 7) is 0. The third-order valence-corrected chi connectivity index (χ3v) is 4.91. The lowest BCUT2D eigenvalue weighted by molar-refractivity contribution is -0.137. The summed E-state index contributed by atoms with van der Waals surface area (Å²) < 4.78 is 44.7. The van der Waals surface area contributed by atoms with Crippen molar-refractivity contribution in [2.45, 2.75) is 6.18 Å². The molecule has 0 saturated heterocycles. The first-order valence-corrected chi connectivity index (χ1v) is 9.67. The highest BCUT2D eigenvalue weighted by molar-refractivity contribution is 6.53. The van der Waals surface area contributed by atoms with Crippen molar-refractivity contribution < 1.29 is 27.5 Å². The Balaban J connectivity index is 1.52. The fourth-order valence-electron chi connectivity index (χ4n) is 3.04. The van der Waals surface area contributed by atoms with E-state index in [0.717, 1.165) is 18.2 Å². The Morgan fingerprint density at radius 1 is 0.812 bits per heavy atom. The number of nitrogens with one attached hydrogen (secondary N) is 1. The van der Waals surface area contributed by atoms with Crippen molar-refractivity contribution in [2.24, 2.45) is 0 Å². The summed E-state index contributed by atoms with van der Waals surface area (Å²) in [4.78, 5) is 25.9. The number of alkyl halides is 3. The first kappa shape index (κ1) is 21.5. The molecule has 9 heteroatoms. The highest BCUT2D eigenvalue weighted by Crippen LogP contribution is 2.35. The Labute approximate surface area is 185 Å². The van der Waals surface area contributed by atoms with Gasteiger partial charge < -0.3 is 10.1 Å². The lowest BCUT2D eigenvalue weighted by Crippen LogP contribution is -2.32. The molecule has 0 saturated carbocycles. The van der Waals surface area contributed by atoms with Gasteiger partial charge in [-0.1, -0.05) is 35.9 Å². The van der Waals surface area contributed by atoms with Gasteiger partial charge in [0, 0.05) is 5.69 Å². The summed E-state index contributed by atoms with van der Waals surface area (Å²) in [6, 6.07) is 19.5.